The van der Waals surface area contributed by atoms with E-state index in [-0.39, 0.29) is 0 Å². The molecule has 0 spiro atoms. The van der Waals surface area contributed by atoms with Crippen LogP contribution in [0, 0.1) is 0 Å². The van der Waals surface area contributed by atoms with Crippen LogP contribution in [0.3, 0.4) is 0 Å². The predicted octanol–water partition coefficient (Wildman–Crippen LogP) is 1.66. The lowest BCUT2D eigenvalue weighted by Crippen LogP contribution is -2.46. The monoisotopic (exact) mass is 290 g/mol. The molecule has 1 aromatic rings. The summed E-state index contributed by atoms with van der Waals surface area (Å²) in [6.07, 6.45) is 0.856. The van der Waals surface area contributed by atoms with Crippen molar-refractivity contribution >= 4 is 5.97 Å². The molecule has 0 bridgehead atoms. The van der Waals surface area contributed by atoms with Crippen molar-refractivity contribution in [3.8, 4) is 0 Å². The summed E-state index contributed by atoms with van der Waals surface area (Å²) in [5.74, 6) is -1.23. The van der Waals surface area contributed by atoms with Gasteiger partial charge < -0.3 is 19.3 Å². The zero-order chi connectivity index (χ0) is 15.0. The van der Waals surface area contributed by atoms with Crippen LogP contribution in [0.15, 0.2) is 42.5 Å². The smallest absolute Gasteiger partial charge is 0.338 e. The van der Waals surface area contributed by atoms with Gasteiger partial charge in [0.1, 0.15) is 24.4 Å². The number of fused-ring (bicyclic) bond motifs is 1. The lowest BCUT2D eigenvalue weighted by molar-refractivity contribution is -0.156. The summed E-state index contributed by atoms with van der Waals surface area (Å²) in [6, 6.07) is 8.77. The molecule has 1 aromatic carbocycles. The Morgan fingerprint density at radius 2 is 1.81 bits per heavy atom. The molecule has 1 fully saturated rings. The first kappa shape index (κ1) is 14.3. The molecule has 0 saturated carbocycles. The molecule has 5 heteroatoms. The summed E-state index contributed by atoms with van der Waals surface area (Å²) in [5, 5.41) is 9.95. The Kier molecular flexibility index (Phi) is 3.57. The van der Waals surface area contributed by atoms with E-state index < -0.39 is 36.2 Å². The van der Waals surface area contributed by atoms with E-state index in [0.29, 0.717) is 5.56 Å². The average Bonchev–Trinajstić information content (AvgIpc) is 2.79. The summed E-state index contributed by atoms with van der Waals surface area (Å²) >= 11 is 0. The SMILES string of the molecule is CC1(C)O[C@@H]2[C@H](O1)[C@H](OC(=O)c1ccccc1)C=C[C@@H]2O. The highest BCUT2D eigenvalue weighted by Gasteiger charge is 2.50. The van der Waals surface area contributed by atoms with Gasteiger partial charge in [0.2, 0.25) is 0 Å². The highest BCUT2D eigenvalue weighted by atomic mass is 16.8. The summed E-state index contributed by atoms with van der Waals surface area (Å²) in [5.41, 5.74) is 0.478. The van der Waals surface area contributed by atoms with Crippen molar-refractivity contribution in [3.63, 3.8) is 0 Å². The van der Waals surface area contributed by atoms with Gasteiger partial charge in [-0.05, 0) is 32.1 Å². The molecule has 1 aliphatic heterocycles. The van der Waals surface area contributed by atoms with E-state index in [2.05, 4.69) is 0 Å². The van der Waals surface area contributed by atoms with Crippen LogP contribution in [0.4, 0.5) is 0 Å². The molecule has 0 unspecified atom stereocenters. The number of carbonyl (C=O) groups is 1. The number of carbonyl (C=O) groups excluding carboxylic acids is 1. The largest absolute Gasteiger partial charge is 0.452 e. The average molecular weight is 290 g/mol. The molecule has 3 rings (SSSR count). The zero-order valence-corrected chi connectivity index (χ0v) is 11.9. The Morgan fingerprint density at radius 3 is 2.52 bits per heavy atom. The van der Waals surface area contributed by atoms with Crippen molar-refractivity contribution in [2.24, 2.45) is 0 Å². The summed E-state index contributed by atoms with van der Waals surface area (Å²) in [4.78, 5) is 12.1. The third kappa shape index (κ3) is 2.85. The summed E-state index contributed by atoms with van der Waals surface area (Å²) in [7, 11) is 0. The minimum absolute atomic E-state index is 0.423. The van der Waals surface area contributed by atoms with Gasteiger partial charge >= 0.3 is 5.97 Å². The standard InChI is InChI=1S/C16H18O5/c1-16(2)20-13-11(17)8-9-12(14(13)21-16)19-15(18)10-6-4-3-5-7-10/h3-9,11-14,17H,1-2H3/t11-,12+,13-,14+/m0/s1. The van der Waals surface area contributed by atoms with Crippen LogP contribution in [-0.2, 0) is 14.2 Å². The third-order valence-corrected chi connectivity index (χ3v) is 3.57. The molecule has 1 heterocycles. The van der Waals surface area contributed by atoms with Gasteiger partial charge in [0.15, 0.2) is 5.79 Å². The normalized spacial score (nSPS) is 33.5. The maximum atomic E-state index is 12.1. The van der Waals surface area contributed by atoms with E-state index in [1.54, 1.807) is 50.3 Å². The number of hydrogen-bond acceptors (Lipinski definition) is 5. The van der Waals surface area contributed by atoms with Gasteiger partial charge in [-0.15, -0.1) is 0 Å². The fraction of sp³-hybridized carbons (Fsp3) is 0.438. The molecule has 0 radical (unpaired) electrons. The van der Waals surface area contributed by atoms with Crippen molar-refractivity contribution in [2.45, 2.75) is 44.1 Å². The summed E-state index contributed by atoms with van der Waals surface area (Å²) in [6.45, 7) is 3.54. The van der Waals surface area contributed by atoms with Crippen LogP contribution >= 0.6 is 0 Å². The second-order valence-electron chi connectivity index (χ2n) is 5.68. The van der Waals surface area contributed by atoms with E-state index in [4.69, 9.17) is 14.2 Å². The van der Waals surface area contributed by atoms with Crippen LogP contribution in [0.1, 0.15) is 24.2 Å². The molecule has 1 aliphatic carbocycles. The number of aliphatic hydroxyl groups is 1. The number of ether oxygens (including phenoxy) is 3. The van der Waals surface area contributed by atoms with Crippen molar-refractivity contribution in [2.75, 3.05) is 0 Å². The van der Waals surface area contributed by atoms with Gasteiger partial charge in [-0.25, -0.2) is 4.79 Å². The number of hydrogen-bond donors (Lipinski definition) is 1. The minimum Gasteiger partial charge on any atom is -0.452 e. The molecule has 112 valence electrons. The number of benzene rings is 1. The lowest BCUT2D eigenvalue weighted by Gasteiger charge is -2.29. The van der Waals surface area contributed by atoms with Crippen LogP contribution in [0.25, 0.3) is 0 Å². The molecular weight excluding hydrogens is 272 g/mol. The lowest BCUT2D eigenvalue weighted by atomic mass is 9.96. The van der Waals surface area contributed by atoms with Gasteiger partial charge in [0, 0.05) is 0 Å². The highest BCUT2D eigenvalue weighted by Crippen LogP contribution is 2.35. The first-order chi connectivity index (χ1) is 9.96. The van der Waals surface area contributed by atoms with E-state index >= 15 is 0 Å². The maximum Gasteiger partial charge on any atom is 0.338 e. The van der Waals surface area contributed by atoms with Crippen molar-refractivity contribution < 1.29 is 24.1 Å². The fourth-order valence-electron chi connectivity index (χ4n) is 2.65. The van der Waals surface area contributed by atoms with Gasteiger partial charge in [-0.2, -0.15) is 0 Å². The topological polar surface area (TPSA) is 65.0 Å². The Labute approximate surface area is 123 Å². The van der Waals surface area contributed by atoms with E-state index in [1.165, 1.54) is 0 Å². The molecular formula is C16H18O5. The molecule has 1 saturated heterocycles. The van der Waals surface area contributed by atoms with E-state index in [1.807, 2.05) is 6.07 Å². The number of esters is 1. The molecule has 2 aliphatic rings. The Hall–Kier alpha value is -1.69. The fourth-order valence-corrected chi connectivity index (χ4v) is 2.65. The van der Waals surface area contributed by atoms with Gasteiger partial charge in [-0.1, -0.05) is 24.3 Å². The number of aliphatic hydroxyl groups excluding tert-OH is 1. The Bertz CT molecular complexity index is 551. The minimum atomic E-state index is -0.806. The Balaban J connectivity index is 1.76. The van der Waals surface area contributed by atoms with Crippen LogP contribution < -0.4 is 0 Å². The second-order valence-corrected chi connectivity index (χ2v) is 5.68. The van der Waals surface area contributed by atoms with Gasteiger partial charge in [0.05, 0.1) is 5.56 Å². The number of rotatable bonds is 2. The molecule has 21 heavy (non-hydrogen) atoms. The van der Waals surface area contributed by atoms with Crippen LogP contribution in [0.2, 0.25) is 0 Å². The van der Waals surface area contributed by atoms with E-state index in [9.17, 15) is 9.90 Å². The van der Waals surface area contributed by atoms with Gasteiger partial charge in [-0.3, -0.25) is 0 Å². The molecule has 5 nitrogen and oxygen atoms in total. The molecule has 0 aromatic heterocycles. The van der Waals surface area contributed by atoms with Crippen LogP contribution in [0.5, 0.6) is 0 Å². The third-order valence-electron chi connectivity index (χ3n) is 3.57. The molecule has 1 N–H and O–H groups in total. The van der Waals surface area contributed by atoms with Crippen molar-refractivity contribution in [1.29, 1.82) is 0 Å². The molecule has 4 atom stereocenters. The predicted molar refractivity (Wildman–Crippen MR) is 74.6 cm³/mol. The second kappa shape index (κ2) is 5.26. The van der Waals surface area contributed by atoms with Gasteiger partial charge in [0.25, 0.3) is 0 Å². The molecule has 0 amide bonds. The highest BCUT2D eigenvalue weighted by molar-refractivity contribution is 5.89. The van der Waals surface area contributed by atoms with Crippen molar-refractivity contribution in [1.82, 2.24) is 0 Å². The van der Waals surface area contributed by atoms with Crippen molar-refractivity contribution in [3.05, 3.63) is 48.0 Å². The van der Waals surface area contributed by atoms with Crippen LogP contribution in [-0.4, -0.2) is 41.3 Å². The quantitative estimate of drug-likeness (QED) is 0.663. The maximum absolute atomic E-state index is 12.1. The zero-order valence-electron chi connectivity index (χ0n) is 11.9. The van der Waals surface area contributed by atoms with E-state index in [0.717, 1.165) is 0 Å². The summed E-state index contributed by atoms with van der Waals surface area (Å²) < 4.78 is 16.9. The first-order valence-corrected chi connectivity index (χ1v) is 6.94. The Morgan fingerprint density at radius 1 is 1.14 bits per heavy atom. The first-order valence-electron chi connectivity index (χ1n) is 6.94.